The van der Waals surface area contributed by atoms with E-state index in [2.05, 4.69) is 24.7 Å². The number of rotatable bonds is 9. The highest BCUT2D eigenvalue weighted by atomic mass is 16.5. The highest BCUT2D eigenvalue weighted by Gasteiger charge is 2.14. The van der Waals surface area contributed by atoms with E-state index in [-0.39, 0.29) is 0 Å². The van der Waals surface area contributed by atoms with Crippen molar-refractivity contribution in [3.8, 4) is 0 Å². The summed E-state index contributed by atoms with van der Waals surface area (Å²) in [5.41, 5.74) is 5.79. The van der Waals surface area contributed by atoms with Crippen LogP contribution in [0.25, 0.3) is 0 Å². The summed E-state index contributed by atoms with van der Waals surface area (Å²) in [6, 6.07) is 1.96. The zero-order valence-corrected chi connectivity index (χ0v) is 15.7. The van der Waals surface area contributed by atoms with Crippen LogP contribution in [-0.2, 0) is 9.47 Å². The third-order valence-corrected chi connectivity index (χ3v) is 5.00. The van der Waals surface area contributed by atoms with E-state index in [1.807, 2.05) is 6.07 Å². The molecule has 2 aliphatic rings. The second-order valence-corrected chi connectivity index (χ2v) is 6.88. The maximum atomic E-state index is 5.79. The van der Waals surface area contributed by atoms with Crippen LogP contribution in [0.15, 0.2) is 12.3 Å². The van der Waals surface area contributed by atoms with E-state index in [1.165, 1.54) is 0 Å². The molecule has 3 rings (SSSR count). The number of hydrogen-bond acceptors (Lipinski definition) is 8. The lowest BCUT2D eigenvalue weighted by atomic mass is 10.2. The van der Waals surface area contributed by atoms with Gasteiger partial charge in [0.1, 0.15) is 5.82 Å². The molecule has 26 heavy (non-hydrogen) atoms. The normalized spacial score (nSPS) is 19.5. The Morgan fingerprint density at radius 3 is 1.96 bits per heavy atom. The van der Waals surface area contributed by atoms with Crippen LogP contribution in [0, 0.1) is 0 Å². The third kappa shape index (κ3) is 6.35. The van der Waals surface area contributed by atoms with Crippen molar-refractivity contribution in [2.24, 2.45) is 0 Å². The summed E-state index contributed by atoms with van der Waals surface area (Å²) in [6.45, 7) is 11.7. The molecule has 8 heteroatoms. The summed E-state index contributed by atoms with van der Waals surface area (Å²) < 4.78 is 10.8. The second-order valence-electron chi connectivity index (χ2n) is 6.88. The molecule has 2 N–H and O–H groups in total. The molecule has 2 aliphatic heterocycles. The van der Waals surface area contributed by atoms with Gasteiger partial charge in [-0.15, -0.1) is 0 Å². The first-order valence-corrected chi connectivity index (χ1v) is 9.75. The molecule has 1 aromatic rings. The van der Waals surface area contributed by atoms with Crippen LogP contribution in [-0.4, -0.2) is 98.6 Å². The number of aromatic nitrogens is 2. The zero-order valence-electron chi connectivity index (χ0n) is 15.7. The molecule has 0 aliphatic carbocycles. The van der Waals surface area contributed by atoms with Crippen LogP contribution >= 0.6 is 0 Å². The fourth-order valence-corrected chi connectivity index (χ4v) is 3.50. The Hall–Kier alpha value is -1.48. The molecule has 0 bridgehead atoms. The van der Waals surface area contributed by atoms with E-state index in [0.717, 1.165) is 97.4 Å². The third-order valence-electron chi connectivity index (χ3n) is 5.00. The maximum absolute atomic E-state index is 5.79. The number of nitrogens with zero attached hydrogens (tertiary/aromatic N) is 5. The number of morpholine rings is 2. The van der Waals surface area contributed by atoms with E-state index >= 15 is 0 Å². The van der Waals surface area contributed by atoms with Crippen LogP contribution < -0.4 is 10.6 Å². The molecular weight excluding hydrogens is 332 g/mol. The average molecular weight is 364 g/mol. The van der Waals surface area contributed by atoms with E-state index in [9.17, 15) is 0 Å². The standard InChI is InChI=1S/C18H32N6O2/c19-18-20-4-3-17(21-18)24(7-1-5-22-9-13-25-14-10-22)8-2-6-23-11-15-26-16-12-23/h3-4H,1-2,5-16H2,(H2,19,20,21). The van der Waals surface area contributed by atoms with E-state index in [1.54, 1.807) is 6.20 Å². The first kappa shape index (κ1) is 19.3. The number of ether oxygens (including phenoxy) is 2. The molecule has 0 aromatic carbocycles. The molecule has 3 heterocycles. The first-order valence-electron chi connectivity index (χ1n) is 9.75. The lowest BCUT2D eigenvalue weighted by molar-refractivity contribution is 0.0371. The minimum absolute atomic E-state index is 0.342. The van der Waals surface area contributed by atoms with Crippen molar-refractivity contribution in [3.63, 3.8) is 0 Å². The van der Waals surface area contributed by atoms with E-state index < -0.39 is 0 Å². The molecule has 0 unspecified atom stereocenters. The molecule has 8 nitrogen and oxygen atoms in total. The van der Waals surface area contributed by atoms with Crippen molar-refractivity contribution >= 4 is 11.8 Å². The molecular formula is C18H32N6O2. The fourth-order valence-electron chi connectivity index (χ4n) is 3.50. The van der Waals surface area contributed by atoms with Gasteiger partial charge in [-0.05, 0) is 18.9 Å². The number of nitrogen functional groups attached to an aromatic ring is 1. The summed E-state index contributed by atoms with van der Waals surface area (Å²) >= 11 is 0. The van der Waals surface area contributed by atoms with Gasteiger partial charge in [0.05, 0.1) is 26.4 Å². The molecule has 1 aromatic heterocycles. The van der Waals surface area contributed by atoms with Crippen LogP contribution in [0.4, 0.5) is 11.8 Å². The molecule has 0 atom stereocenters. The number of nitrogens with two attached hydrogens (primary N) is 1. The minimum Gasteiger partial charge on any atom is -0.379 e. The van der Waals surface area contributed by atoms with Crippen molar-refractivity contribution in [3.05, 3.63) is 12.3 Å². The van der Waals surface area contributed by atoms with Gasteiger partial charge >= 0.3 is 0 Å². The second kappa shape index (κ2) is 10.6. The highest BCUT2D eigenvalue weighted by Crippen LogP contribution is 2.13. The average Bonchev–Trinajstić information content (AvgIpc) is 2.68. The summed E-state index contributed by atoms with van der Waals surface area (Å²) in [4.78, 5) is 15.8. The Bertz CT molecular complexity index is 496. The van der Waals surface area contributed by atoms with Crippen LogP contribution in [0.1, 0.15) is 12.8 Å². The van der Waals surface area contributed by atoms with Crippen molar-refractivity contribution in [1.29, 1.82) is 0 Å². The molecule has 0 saturated carbocycles. The predicted octanol–water partition coefficient (Wildman–Crippen LogP) is 0.310. The van der Waals surface area contributed by atoms with Gasteiger partial charge in [0.2, 0.25) is 5.95 Å². The molecule has 0 radical (unpaired) electrons. The largest absolute Gasteiger partial charge is 0.379 e. The molecule has 0 amide bonds. The van der Waals surface area contributed by atoms with Crippen LogP contribution in [0.2, 0.25) is 0 Å². The first-order chi connectivity index (χ1) is 12.8. The van der Waals surface area contributed by atoms with Gasteiger partial charge in [-0.3, -0.25) is 9.80 Å². The Labute approximate surface area is 156 Å². The van der Waals surface area contributed by atoms with Crippen LogP contribution in [0.5, 0.6) is 0 Å². The summed E-state index contributed by atoms with van der Waals surface area (Å²) in [7, 11) is 0. The monoisotopic (exact) mass is 364 g/mol. The number of hydrogen-bond donors (Lipinski definition) is 1. The van der Waals surface area contributed by atoms with Gasteiger partial charge in [-0.25, -0.2) is 4.98 Å². The lowest BCUT2D eigenvalue weighted by Crippen LogP contribution is -2.39. The SMILES string of the molecule is Nc1nccc(N(CCCN2CCOCC2)CCCN2CCOCC2)n1. The summed E-state index contributed by atoms with van der Waals surface area (Å²) in [6.07, 6.45) is 3.97. The van der Waals surface area contributed by atoms with E-state index in [0.29, 0.717) is 5.95 Å². The molecule has 146 valence electrons. The van der Waals surface area contributed by atoms with Crippen molar-refractivity contribution < 1.29 is 9.47 Å². The summed E-state index contributed by atoms with van der Waals surface area (Å²) in [5.74, 6) is 1.27. The minimum atomic E-state index is 0.342. The smallest absolute Gasteiger partial charge is 0.221 e. The van der Waals surface area contributed by atoms with Gasteiger partial charge in [-0.1, -0.05) is 0 Å². The molecule has 2 saturated heterocycles. The maximum Gasteiger partial charge on any atom is 0.221 e. The van der Waals surface area contributed by atoms with Crippen molar-refractivity contribution in [2.45, 2.75) is 12.8 Å². The Morgan fingerprint density at radius 1 is 0.923 bits per heavy atom. The highest BCUT2D eigenvalue weighted by molar-refractivity contribution is 5.40. The quantitative estimate of drug-likeness (QED) is 0.671. The van der Waals surface area contributed by atoms with E-state index in [4.69, 9.17) is 15.2 Å². The van der Waals surface area contributed by atoms with Gasteiger partial charge in [0, 0.05) is 58.6 Å². The molecule has 0 spiro atoms. The Balaban J connectivity index is 1.47. The molecule has 2 fully saturated rings. The topological polar surface area (TPSA) is 80.0 Å². The van der Waals surface area contributed by atoms with Gasteiger partial charge in [0.15, 0.2) is 0 Å². The predicted molar refractivity (Wildman–Crippen MR) is 102 cm³/mol. The summed E-state index contributed by atoms with van der Waals surface area (Å²) in [5, 5.41) is 0. The van der Waals surface area contributed by atoms with Crippen molar-refractivity contribution in [2.75, 3.05) is 89.4 Å². The zero-order chi connectivity index (χ0) is 18.0. The fraction of sp³-hybridized carbons (Fsp3) is 0.778. The Kier molecular flexibility index (Phi) is 7.87. The van der Waals surface area contributed by atoms with Gasteiger partial charge in [-0.2, -0.15) is 4.98 Å². The van der Waals surface area contributed by atoms with Crippen LogP contribution in [0.3, 0.4) is 0 Å². The van der Waals surface area contributed by atoms with Gasteiger partial charge in [0.25, 0.3) is 0 Å². The lowest BCUT2D eigenvalue weighted by Gasteiger charge is -2.30. The van der Waals surface area contributed by atoms with Gasteiger partial charge < -0.3 is 20.1 Å². The Morgan fingerprint density at radius 2 is 1.46 bits per heavy atom. The van der Waals surface area contributed by atoms with Crippen molar-refractivity contribution in [1.82, 2.24) is 19.8 Å². The number of anilines is 2.